The van der Waals surface area contributed by atoms with E-state index < -0.39 is 0 Å². The molecule has 0 rings (SSSR count). The molecule has 0 radical (unpaired) electrons. The zero-order valence-corrected chi connectivity index (χ0v) is 8.43. The molecule has 0 aromatic rings. The van der Waals surface area contributed by atoms with Crippen LogP contribution in [0.3, 0.4) is 0 Å². The maximum atomic E-state index is 4.84. The van der Waals surface area contributed by atoms with Crippen LogP contribution in [0.5, 0.6) is 0 Å². The van der Waals surface area contributed by atoms with Crippen LogP contribution < -0.4 is 0 Å². The summed E-state index contributed by atoms with van der Waals surface area (Å²) in [7, 11) is 1.67. The van der Waals surface area contributed by atoms with E-state index in [-0.39, 0.29) is 0 Å². The van der Waals surface area contributed by atoms with E-state index in [2.05, 4.69) is 4.74 Å². The summed E-state index contributed by atoms with van der Waals surface area (Å²) < 4.78 is 9.53. The van der Waals surface area contributed by atoms with E-state index >= 15 is 0 Å². The van der Waals surface area contributed by atoms with Gasteiger partial charge in [0.25, 0.3) is 0 Å². The van der Waals surface area contributed by atoms with Crippen molar-refractivity contribution in [1.29, 1.82) is 0 Å². The van der Waals surface area contributed by atoms with Gasteiger partial charge in [0.05, 0.1) is 0 Å². The Bertz CT molecular complexity index is 20.8. The zero-order chi connectivity index (χ0) is 4.83. The SMILES string of the molecule is COCC[O][GaH2]. The van der Waals surface area contributed by atoms with Crippen molar-refractivity contribution in [2.75, 3.05) is 20.3 Å². The van der Waals surface area contributed by atoms with Crippen LogP contribution in [0.1, 0.15) is 0 Å². The molecule has 0 unspecified atom stereocenters. The third-order valence-electron chi connectivity index (χ3n) is 0.492. The quantitative estimate of drug-likeness (QED) is 0.384. The average molecular weight is 147 g/mol. The Balaban J connectivity index is 2.34. The van der Waals surface area contributed by atoms with Crippen LogP contribution in [-0.2, 0) is 8.27 Å². The topological polar surface area (TPSA) is 18.5 Å². The summed E-state index contributed by atoms with van der Waals surface area (Å²) in [6, 6.07) is 0. The molecular formula is C3H9GaO2. The third kappa shape index (κ3) is 4.56. The van der Waals surface area contributed by atoms with E-state index in [4.69, 9.17) is 3.53 Å². The first-order valence-electron chi connectivity index (χ1n) is 1.89. The number of ether oxygens (including phenoxy) is 1. The number of hydrogen-bond donors (Lipinski definition) is 0. The predicted octanol–water partition coefficient (Wildman–Crippen LogP) is -0.802. The van der Waals surface area contributed by atoms with E-state index in [1.165, 1.54) is 0 Å². The molecule has 0 saturated heterocycles. The van der Waals surface area contributed by atoms with Crippen molar-refractivity contribution in [3.63, 3.8) is 0 Å². The summed E-state index contributed by atoms with van der Waals surface area (Å²) in [6.45, 7) is 1.51. The molecule has 0 N–H and O–H groups in total. The van der Waals surface area contributed by atoms with Crippen LogP contribution in [0.4, 0.5) is 0 Å². The summed E-state index contributed by atoms with van der Waals surface area (Å²) in [5.74, 6) is 0. The van der Waals surface area contributed by atoms with Gasteiger partial charge < -0.3 is 0 Å². The number of rotatable bonds is 3. The van der Waals surface area contributed by atoms with Gasteiger partial charge in [-0.3, -0.25) is 0 Å². The Labute approximate surface area is 48.2 Å². The molecule has 6 heavy (non-hydrogen) atoms. The molecule has 0 bridgehead atoms. The Morgan fingerprint density at radius 2 is 2.17 bits per heavy atom. The number of methoxy groups -OCH3 is 1. The van der Waals surface area contributed by atoms with Crippen molar-refractivity contribution < 1.29 is 8.27 Å². The van der Waals surface area contributed by atoms with E-state index in [0.717, 1.165) is 13.2 Å². The first kappa shape index (κ1) is 6.56. The second-order valence-corrected chi connectivity index (χ2v) is 2.20. The minimum atomic E-state index is 0.533. The maximum absolute atomic E-state index is 4.84. The molecule has 0 saturated carbocycles. The second-order valence-electron chi connectivity index (χ2n) is 0.986. The van der Waals surface area contributed by atoms with Gasteiger partial charge in [0.15, 0.2) is 0 Å². The van der Waals surface area contributed by atoms with E-state index in [0.29, 0.717) is 19.0 Å². The first-order chi connectivity index (χ1) is 2.91. The zero-order valence-electron chi connectivity index (χ0n) is 4.23. The van der Waals surface area contributed by atoms with Crippen molar-refractivity contribution in [3.8, 4) is 0 Å². The molecule has 2 nitrogen and oxygen atoms in total. The second kappa shape index (κ2) is 5.56. The molecule has 0 aromatic heterocycles. The average Bonchev–Trinajstić information content (AvgIpc) is 1.61. The molecule has 0 aromatic carbocycles. The molecule has 0 amide bonds. The Hall–Kier alpha value is 0.556. The minimum absolute atomic E-state index is 0.533. The van der Waals surface area contributed by atoms with Crippen molar-refractivity contribution in [1.82, 2.24) is 0 Å². The molecule has 0 aliphatic heterocycles. The van der Waals surface area contributed by atoms with E-state index in [1.54, 1.807) is 7.11 Å². The monoisotopic (exact) mass is 146 g/mol. The summed E-state index contributed by atoms with van der Waals surface area (Å²) in [4.78, 5) is 0. The molecular weight excluding hydrogens is 138 g/mol. The van der Waals surface area contributed by atoms with Gasteiger partial charge in [0.2, 0.25) is 0 Å². The van der Waals surface area contributed by atoms with E-state index in [1.807, 2.05) is 0 Å². The molecule has 0 aliphatic rings. The summed E-state index contributed by atoms with van der Waals surface area (Å²) >= 11 is 0.533. The van der Waals surface area contributed by atoms with Crippen LogP contribution in [0.25, 0.3) is 0 Å². The molecule has 0 spiro atoms. The van der Waals surface area contributed by atoms with Crippen molar-refractivity contribution >= 4 is 19.0 Å². The summed E-state index contributed by atoms with van der Waals surface area (Å²) in [5, 5.41) is 0. The van der Waals surface area contributed by atoms with Gasteiger partial charge in [-0.25, -0.2) is 0 Å². The molecule has 0 fully saturated rings. The van der Waals surface area contributed by atoms with Gasteiger partial charge in [0.1, 0.15) is 0 Å². The van der Waals surface area contributed by atoms with Crippen LogP contribution >= 0.6 is 0 Å². The van der Waals surface area contributed by atoms with Crippen LogP contribution in [0.15, 0.2) is 0 Å². The molecule has 0 atom stereocenters. The van der Waals surface area contributed by atoms with Crippen LogP contribution in [-0.4, -0.2) is 39.3 Å². The standard InChI is InChI=1S/C3H7O2.Ga.2H/c1-5-3-2-4;;;/h2-3H2,1H3;;;/q-1;+1;;. The van der Waals surface area contributed by atoms with Gasteiger partial charge in [-0.05, 0) is 0 Å². The summed E-state index contributed by atoms with van der Waals surface area (Å²) in [5.41, 5.74) is 0. The normalized spacial score (nSPS) is 8.83. The fourth-order valence-corrected chi connectivity index (χ4v) is 0.516. The van der Waals surface area contributed by atoms with Gasteiger partial charge in [-0.2, -0.15) is 0 Å². The van der Waals surface area contributed by atoms with Crippen molar-refractivity contribution in [2.45, 2.75) is 0 Å². The van der Waals surface area contributed by atoms with Crippen molar-refractivity contribution in [3.05, 3.63) is 0 Å². The summed E-state index contributed by atoms with van der Waals surface area (Å²) in [6.07, 6.45) is 0. The van der Waals surface area contributed by atoms with Gasteiger partial charge in [-0.1, -0.05) is 0 Å². The molecule has 0 heterocycles. The van der Waals surface area contributed by atoms with Crippen molar-refractivity contribution in [2.24, 2.45) is 0 Å². The van der Waals surface area contributed by atoms with Gasteiger partial charge in [0, 0.05) is 0 Å². The molecule has 0 aliphatic carbocycles. The Morgan fingerprint density at radius 1 is 1.50 bits per heavy atom. The third-order valence-corrected chi connectivity index (χ3v) is 1.35. The Kier molecular flexibility index (Phi) is 6.07. The Morgan fingerprint density at radius 3 is 2.33 bits per heavy atom. The predicted molar refractivity (Wildman–Crippen MR) is 26.4 cm³/mol. The van der Waals surface area contributed by atoms with Crippen LogP contribution in [0.2, 0.25) is 0 Å². The molecule has 3 heteroatoms. The van der Waals surface area contributed by atoms with Gasteiger partial charge in [-0.15, -0.1) is 0 Å². The van der Waals surface area contributed by atoms with Gasteiger partial charge >= 0.3 is 47.6 Å². The van der Waals surface area contributed by atoms with Crippen LogP contribution in [0, 0.1) is 0 Å². The van der Waals surface area contributed by atoms with E-state index in [9.17, 15) is 0 Å². The number of hydrogen-bond acceptors (Lipinski definition) is 2. The first-order valence-corrected chi connectivity index (χ1v) is 3.61. The fourth-order valence-electron chi connectivity index (χ4n) is 0.167. The molecule has 36 valence electrons. The fraction of sp³-hybridized carbons (Fsp3) is 1.00.